The summed E-state index contributed by atoms with van der Waals surface area (Å²) in [5.74, 6) is 1.98. The molecule has 2 heterocycles. The highest BCUT2D eigenvalue weighted by Crippen LogP contribution is 2.40. The van der Waals surface area contributed by atoms with Gasteiger partial charge in [0.15, 0.2) is 11.8 Å². The number of hydrogen-bond acceptors (Lipinski definition) is 5. The van der Waals surface area contributed by atoms with Gasteiger partial charge in [0.2, 0.25) is 0 Å². The fourth-order valence-corrected chi connectivity index (χ4v) is 3.81. The predicted octanol–water partition coefficient (Wildman–Crippen LogP) is 2.93. The number of carbonyl (C=O) groups excluding carboxylic acids is 2. The first-order valence-corrected chi connectivity index (χ1v) is 9.37. The van der Waals surface area contributed by atoms with E-state index in [4.69, 9.17) is 4.84 Å². The first-order chi connectivity index (χ1) is 13.3. The molecule has 1 N–H and O–H groups in total. The van der Waals surface area contributed by atoms with Crippen molar-refractivity contribution in [3.05, 3.63) is 65.7 Å². The number of carbonyl (C=O) groups is 1. The van der Waals surface area contributed by atoms with E-state index in [9.17, 15) is 9.59 Å². The van der Waals surface area contributed by atoms with Crippen LogP contribution < -0.4 is 10.4 Å². The van der Waals surface area contributed by atoms with E-state index in [2.05, 4.69) is 5.32 Å². The molecule has 0 saturated carbocycles. The number of benzene rings is 2. The SMILES string of the molecule is O=C=C1c2ccccc2N(OCc2ccccc2)C1C(=O)C1CCCCN1. The third-order valence-corrected chi connectivity index (χ3v) is 5.19. The Kier molecular flexibility index (Phi) is 5.16. The fourth-order valence-electron chi connectivity index (χ4n) is 3.81. The van der Waals surface area contributed by atoms with Gasteiger partial charge in [0, 0.05) is 5.56 Å². The summed E-state index contributed by atoms with van der Waals surface area (Å²) < 4.78 is 0. The smallest absolute Gasteiger partial charge is 0.179 e. The number of hydroxylamine groups is 1. The zero-order valence-corrected chi connectivity index (χ0v) is 15.1. The molecule has 1 saturated heterocycles. The van der Waals surface area contributed by atoms with Crippen LogP contribution in [-0.4, -0.2) is 30.4 Å². The molecule has 2 aliphatic rings. The summed E-state index contributed by atoms with van der Waals surface area (Å²) in [6.07, 6.45) is 2.86. The lowest BCUT2D eigenvalue weighted by molar-refractivity contribution is -0.123. The lowest BCUT2D eigenvalue weighted by Crippen LogP contribution is -2.50. The van der Waals surface area contributed by atoms with Gasteiger partial charge in [-0.3, -0.25) is 9.63 Å². The van der Waals surface area contributed by atoms with E-state index in [0.717, 1.165) is 42.6 Å². The summed E-state index contributed by atoms with van der Waals surface area (Å²) in [6.45, 7) is 1.14. The predicted molar refractivity (Wildman–Crippen MR) is 104 cm³/mol. The molecule has 2 aromatic carbocycles. The summed E-state index contributed by atoms with van der Waals surface area (Å²) in [5.41, 5.74) is 2.81. The van der Waals surface area contributed by atoms with Crippen molar-refractivity contribution in [2.75, 3.05) is 11.6 Å². The van der Waals surface area contributed by atoms with E-state index < -0.39 is 6.04 Å². The number of fused-ring (bicyclic) bond motifs is 1. The van der Waals surface area contributed by atoms with Gasteiger partial charge in [-0.25, -0.2) is 9.86 Å². The Bertz CT molecular complexity index is 868. The molecule has 1 fully saturated rings. The fraction of sp³-hybridized carbons (Fsp3) is 0.318. The highest BCUT2D eigenvalue weighted by atomic mass is 16.7. The van der Waals surface area contributed by atoms with E-state index in [0.29, 0.717) is 12.2 Å². The van der Waals surface area contributed by atoms with Gasteiger partial charge in [0.05, 0.1) is 23.9 Å². The van der Waals surface area contributed by atoms with Crippen molar-refractivity contribution in [3.8, 4) is 0 Å². The normalized spacial score (nSPS) is 21.6. The van der Waals surface area contributed by atoms with Gasteiger partial charge in [0.25, 0.3) is 0 Å². The van der Waals surface area contributed by atoms with Gasteiger partial charge in [-0.2, -0.15) is 0 Å². The monoisotopic (exact) mass is 362 g/mol. The molecule has 0 bridgehead atoms. The summed E-state index contributed by atoms with van der Waals surface area (Å²) >= 11 is 0. The molecular formula is C22H22N2O3. The minimum Gasteiger partial charge on any atom is -0.307 e. The molecular weight excluding hydrogens is 340 g/mol. The molecule has 0 spiro atoms. The van der Waals surface area contributed by atoms with Crippen LogP contribution in [0, 0.1) is 0 Å². The van der Waals surface area contributed by atoms with Crippen molar-refractivity contribution in [2.45, 2.75) is 38.0 Å². The second-order valence-corrected chi connectivity index (χ2v) is 6.93. The maximum atomic E-state index is 13.3. The number of anilines is 1. The zero-order valence-electron chi connectivity index (χ0n) is 15.1. The van der Waals surface area contributed by atoms with Crippen LogP contribution in [0.15, 0.2) is 54.6 Å². The number of piperidine rings is 1. The number of nitrogens with zero attached hydrogens (tertiary/aromatic N) is 1. The molecule has 0 aliphatic carbocycles. The second-order valence-electron chi connectivity index (χ2n) is 6.93. The van der Waals surface area contributed by atoms with Crippen molar-refractivity contribution in [1.82, 2.24) is 5.32 Å². The summed E-state index contributed by atoms with van der Waals surface area (Å²) in [5, 5.41) is 4.89. The number of Topliss-reactive ketones (excluding diaryl/α,β-unsaturated/α-hetero) is 1. The van der Waals surface area contributed by atoms with Crippen molar-refractivity contribution in [3.63, 3.8) is 0 Å². The highest BCUT2D eigenvalue weighted by molar-refractivity contribution is 6.13. The van der Waals surface area contributed by atoms with Gasteiger partial charge < -0.3 is 5.32 Å². The molecule has 2 atom stereocenters. The van der Waals surface area contributed by atoms with Gasteiger partial charge in [-0.1, -0.05) is 55.0 Å². The molecule has 5 nitrogen and oxygen atoms in total. The van der Waals surface area contributed by atoms with Crippen LogP contribution in [0.25, 0.3) is 5.57 Å². The van der Waals surface area contributed by atoms with Gasteiger partial charge >= 0.3 is 0 Å². The molecule has 2 aliphatic heterocycles. The topological polar surface area (TPSA) is 58.6 Å². The van der Waals surface area contributed by atoms with E-state index >= 15 is 0 Å². The molecule has 2 unspecified atom stereocenters. The molecule has 0 radical (unpaired) electrons. The van der Waals surface area contributed by atoms with Gasteiger partial charge in [-0.05, 0) is 31.0 Å². The molecule has 4 rings (SSSR count). The lowest BCUT2D eigenvalue weighted by Gasteiger charge is -2.30. The van der Waals surface area contributed by atoms with Crippen LogP contribution in [0.5, 0.6) is 0 Å². The number of para-hydroxylation sites is 1. The van der Waals surface area contributed by atoms with Crippen LogP contribution in [0.2, 0.25) is 0 Å². The molecule has 0 amide bonds. The largest absolute Gasteiger partial charge is 0.307 e. The van der Waals surface area contributed by atoms with Crippen LogP contribution in [0.1, 0.15) is 30.4 Å². The van der Waals surface area contributed by atoms with Gasteiger partial charge in [0.1, 0.15) is 5.94 Å². The Hall–Kier alpha value is -2.72. The molecule has 0 aromatic heterocycles. The quantitative estimate of drug-likeness (QED) is 0.829. The summed E-state index contributed by atoms with van der Waals surface area (Å²) in [6, 6.07) is 16.2. The summed E-state index contributed by atoms with van der Waals surface area (Å²) in [4.78, 5) is 31.1. The Morgan fingerprint density at radius 3 is 2.63 bits per heavy atom. The van der Waals surface area contributed by atoms with Crippen molar-refractivity contribution in [1.29, 1.82) is 0 Å². The van der Waals surface area contributed by atoms with Gasteiger partial charge in [-0.15, -0.1) is 0 Å². The van der Waals surface area contributed by atoms with Crippen LogP contribution in [0.3, 0.4) is 0 Å². The third kappa shape index (κ3) is 3.45. The Balaban J connectivity index is 1.65. The van der Waals surface area contributed by atoms with Crippen LogP contribution in [-0.2, 0) is 21.0 Å². The average molecular weight is 362 g/mol. The van der Waals surface area contributed by atoms with Crippen molar-refractivity contribution in [2.24, 2.45) is 0 Å². The van der Waals surface area contributed by atoms with E-state index in [1.807, 2.05) is 60.5 Å². The van der Waals surface area contributed by atoms with Crippen molar-refractivity contribution < 1.29 is 14.4 Å². The molecule has 2 aromatic rings. The Labute approximate surface area is 158 Å². The second kappa shape index (κ2) is 7.89. The average Bonchev–Trinajstić information content (AvgIpc) is 3.06. The van der Waals surface area contributed by atoms with Crippen molar-refractivity contribution >= 4 is 23.0 Å². The van der Waals surface area contributed by atoms with E-state index in [1.165, 1.54) is 0 Å². The third-order valence-electron chi connectivity index (χ3n) is 5.19. The number of rotatable bonds is 5. The summed E-state index contributed by atoms with van der Waals surface area (Å²) in [7, 11) is 0. The van der Waals surface area contributed by atoms with E-state index in [1.54, 1.807) is 5.06 Å². The molecule has 5 heteroatoms. The Morgan fingerprint density at radius 2 is 1.89 bits per heavy atom. The molecule has 27 heavy (non-hydrogen) atoms. The zero-order chi connectivity index (χ0) is 18.6. The minimum absolute atomic E-state index is 0.0303. The van der Waals surface area contributed by atoms with Crippen LogP contribution >= 0.6 is 0 Å². The lowest BCUT2D eigenvalue weighted by atomic mass is 9.92. The van der Waals surface area contributed by atoms with E-state index in [-0.39, 0.29) is 11.8 Å². The highest BCUT2D eigenvalue weighted by Gasteiger charge is 2.43. The first-order valence-electron chi connectivity index (χ1n) is 9.37. The Morgan fingerprint density at radius 1 is 1.11 bits per heavy atom. The molecule has 138 valence electrons. The maximum Gasteiger partial charge on any atom is 0.179 e. The number of ketones is 1. The minimum atomic E-state index is -0.765. The number of nitrogens with one attached hydrogen (secondary N) is 1. The standard InChI is InChI=1S/C22H22N2O3/c25-14-18-17-10-4-5-12-20(17)24(27-15-16-8-2-1-3-9-16)21(18)22(26)19-11-6-7-13-23-19/h1-5,8-10,12,19,21,23H,6-7,11,13,15H2. The maximum absolute atomic E-state index is 13.3. The first kappa shape index (κ1) is 17.7. The number of hydrogen-bond donors (Lipinski definition) is 1. The van der Waals surface area contributed by atoms with Crippen LogP contribution in [0.4, 0.5) is 5.69 Å².